The highest BCUT2D eigenvalue weighted by atomic mass is 16.7. The molecule has 0 unspecified atom stereocenters. The van der Waals surface area contributed by atoms with Gasteiger partial charge in [-0.05, 0) is 25.3 Å². The van der Waals surface area contributed by atoms with Crippen LogP contribution in [0.25, 0.3) is 0 Å². The van der Waals surface area contributed by atoms with Crippen molar-refractivity contribution < 1.29 is 14.2 Å². The highest BCUT2D eigenvalue weighted by molar-refractivity contribution is 5.56. The fourth-order valence-corrected chi connectivity index (χ4v) is 4.79. The molecule has 7 nitrogen and oxygen atoms in total. The SMILES string of the molecule is O=c1cc(N2CCOCC2)cc(N2CCCCC[C@H]2Cc2cccc3c2OCO3)[nH]1. The lowest BCUT2D eigenvalue weighted by Crippen LogP contribution is -2.39. The molecule has 1 N–H and O–H groups in total. The Morgan fingerprint density at radius 2 is 1.93 bits per heavy atom. The van der Waals surface area contributed by atoms with Crippen molar-refractivity contribution in [2.75, 3.05) is 49.4 Å². The van der Waals surface area contributed by atoms with Gasteiger partial charge in [0, 0.05) is 49.1 Å². The number of anilines is 2. The first-order valence-corrected chi connectivity index (χ1v) is 11.0. The van der Waals surface area contributed by atoms with Crippen molar-refractivity contribution in [2.24, 2.45) is 0 Å². The average molecular weight is 412 g/mol. The Kier molecular flexibility index (Phi) is 5.53. The molecule has 0 saturated carbocycles. The minimum atomic E-state index is -0.0469. The van der Waals surface area contributed by atoms with Crippen molar-refractivity contribution in [3.8, 4) is 11.5 Å². The number of pyridine rings is 1. The molecule has 1 aromatic heterocycles. The number of rotatable bonds is 4. The summed E-state index contributed by atoms with van der Waals surface area (Å²) in [6.07, 6.45) is 5.51. The Bertz CT molecular complexity index is 938. The summed E-state index contributed by atoms with van der Waals surface area (Å²) in [5.41, 5.74) is 2.11. The third kappa shape index (κ3) is 3.99. The van der Waals surface area contributed by atoms with Crippen molar-refractivity contribution in [2.45, 2.75) is 38.1 Å². The highest BCUT2D eigenvalue weighted by Crippen LogP contribution is 2.37. The molecule has 2 fully saturated rings. The van der Waals surface area contributed by atoms with Crippen LogP contribution in [0, 0.1) is 0 Å². The first-order valence-electron chi connectivity index (χ1n) is 11.0. The summed E-state index contributed by atoms with van der Waals surface area (Å²) in [6.45, 7) is 4.28. The second-order valence-corrected chi connectivity index (χ2v) is 8.24. The van der Waals surface area contributed by atoms with Crippen LogP contribution in [0.3, 0.4) is 0 Å². The van der Waals surface area contributed by atoms with Crippen LogP contribution in [-0.4, -0.2) is 50.7 Å². The molecule has 1 aromatic carbocycles. The molecule has 2 aromatic rings. The highest BCUT2D eigenvalue weighted by Gasteiger charge is 2.26. The van der Waals surface area contributed by atoms with Gasteiger partial charge in [0.1, 0.15) is 5.82 Å². The molecular formula is C23H29N3O4. The largest absolute Gasteiger partial charge is 0.454 e. The maximum Gasteiger partial charge on any atom is 0.251 e. The van der Waals surface area contributed by atoms with E-state index >= 15 is 0 Å². The van der Waals surface area contributed by atoms with Crippen LogP contribution in [-0.2, 0) is 11.2 Å². The van der Waals surface area contributed by atoms with Gasteiger partial charge in [-0.3, -0.25) is 4.79 Å². The van der Waals surface area contributed by atoms with Gasteiger partial charge in [0.15, 0.2) is 11.5 Å². The summed E-state index contributed by atoms with van der Waals surface area (Å²) < 4.78 is 16.8. The molecule has 3 aliphatic rings. The average Bonchev–Trinajstić information content (AvgIpc) is 3.14. The van der Waals surface area contributed by atoms with Crippen LogP contribution in [0.15, 0.2) is 35.1 Å². The van der Waals surface area contributed by atoms with E-state index in [1.165, 1.54) is 18.4 Å². The smallest absolute Gasteiger partial charge is 0.251 e. The van der Waals surface area contributed by atoms with Crippen LogP contribution >= 0.6 is 0 Å². The Balaban J connectivity index is 1.44. The molecule has 1 atom stereocenters. The van der Waals surface area contributed by atoms with Crippen molar-refractivity contribution in [3.05, 3.63) is 46.2 Å². The van der Waals surface area contributed by atoms with Gasteiger partial charge in [-0.2, -0.15) is 0 Å². The van der Waals surface area contributed by atoms with Gasteiger partial charge in [-0.25, -0.2) is 0 Å². The molecular weight excluding hydrogens is 382 g/mol. The topological polar surface area (TPSA) is 67.0 Å². The maximum absolute atomic E-state index is 12.5. The number of nitrogens with zero attached hydrogens (tertiary/aromatic N) is 2. The third-order valence-electron chi connectivity index (χ3n) is 6.31. The number of fused-ring (bicyclic) bond motifs is 1. The standard InChI is InChI=1S/C23H29N3O4/c27-22-15-19(25-9-11-28-12-10-25)14-21(24-22)26-8-3-1-2-6-18(26)13-17-5-4-7-20-23(17)30-16-29-20/h4-5,7,14-15,18H,1-3,6,8-13,16H2,(H,24,27)/t18-/m0/s1. The number of hydrogen-bond acceptors (Lipinski definition) is 6. The molecule has 160 valence electrons. The van der Waals surface area contributed by atoms with Crippen LogP contribution in [0.1, 0.15) is 31.2 Å². The summed E-state index contributed by atoms with van der Waals surface area (Å²) in [5, 5.41) is 0. The molecule has 0 radical (unpaired) electrons. The van der Waals surface area contributed by atoms with Gasteiger partial charge >= 0.3 is 0 Å². The number of aromatic nitrogens is 1. The molecule has 0 spiro atoms. The fraction of sp³-hybridized carbons (Fsp3) is 0.522. The minimum Gasteiger partial charge on any atom is -0.454 e. The van der Waals surface area contributed by atoms with Gasteiger partial charge < -0.3 is 29.0 Å². The van der Waals surface area contributed by atoms with Crippen LogP contribution in [0.4, 0.5) is 11.5 Å². The van der Waals surface area contributed by atoms with E-state index < -0.39 is 0 Å². The Labute approximate surface area is 176 Å². The van der Waals surface area contributed by atoms with Crippen molar-refractivity contribution in [1.82, 2.24) is 4.98 Å². The van der Waals surface area contributed by atoms with Crippen molar-refractivity contribution in [1.29, 1.82) is 0 Å². The normalized spacial score (nSPS) is 21.5. The third-order valence-corrected chi connectivity index (χ3v) is 6.31. The lowest BCUT2D eigenvalue weighted by atomic mass is 9.99. The summed E-state index contributed by atoms with van der Waals surface area (Å²) >= 11 is 0. The van der Waals surface area contributed by atoms with E-state index in [1.54, 1.807) is 6.07 Å². The number of H-pyrrole nitrogens is 1. The van der Waals surface area contributed by atoms with Gasteiger partial charge in [-0.15, -0.1) is 0 Å². The predicted octanol–water partition coefficient (Wildman–Crippen LogP) is 2.93. The van der Waals surface area contributed by atoms with Crippen LogP contribution in [0.2, 0.25) is 0 Å². The van der Waals surface area contributed by atoms with Gasteiger partial charge in [0.25, 0.3) is 5.56 Å². The summed E-state index contributed by atoms with van der Waals surface area (Å²) in [7, 11) is 0. The predicted molar refractivity (Wildman–Crippen MR) is 116 cm³/mol. The van der Waals surface area contributed by atoms with E-state index in [9.17, 15) is 4.79 Å². The Hall–Kier alpha value is -2.67. The number of para-hydroxylation sites is 1. The first-order chi connectivity index (χ1) is 14.8. The zero-order valence-electron chi connectivity index (χ0n) is 17.3. The lowest BCUT2D eigenvalue weighted by molar-refractivity contribution is 0.122. The fourth-order valence-electron chi connectivity index (χ4n) is 4.79. The summed E-state index contributed by atoms with van der Waals surface area (Å²) in [4.78, 5) is 20.3. The molecule has 0 aliphatic carbocycles. The van der Waals surface area contributed by atoms with Crippen molar-refractivity contribution >= 4 is 11.5 Å². The summed E-state index contributed by atoms with van der Waals surface area (Å²) in [5.74, 6) is 2.62. The molecule has 3 aliphatic heterocycles. The number of morpholine rings is 1. The monoisotopic (exact) mass is 411 g/mol. The zero-order chi connectivity index (χ0) is 20.3. The number of hydrogen-bond donors (Lipinski definition) is 1. The van der Waals surface area contributed by atoms with Gasteiger partial charge in [0.05, 0.1) is 13.2 Å². The Morgan fingerprint density at radius 3 is 2.83 bits per heavy atom. The van der Waals surface area contributed by atoms with Crippen LogP contribution < -0.4 is 24.8 Å². The van der Waals surface area contributed by atoms with E-state index in [4.69, 9.17) is 14.2 Å². The van der Waals surface area contributed by atoms with Gasteiger partial charge in [-0.1, -0.05) is 25.0 Å². The number of aromatic amines is 1. The van der Waals surface area contributed by atoms with E-state index in [2.05, 4.69) is 26.9 Å². The lowest BCUT2D eigenvalue weighted by Gasteiger charge is -2.34. The number of benzene rings is 1. The second kappa shape index (κ2) is 8.60. The maximum atomic E-state index is 12.5. The molecule has 0 bridgehead atoms. The molecule has 0 amide bonds. The van der Waals surface area contributed by atoms with E-state index in [1.807, 2.05) is 12.1 Å². The zero-order valence-corrected chi connectivity index (χ0v) is 17.3. The second-order valence-electron chi connectivity index (χ2n) is 8.24. The van der Waals surface area contributed by atoms with E-state index in [-0.39, 0.29) is 12.4 Å². The molecule has 2 saturated heterocycles. The first kappa shape index (κ1) is 19.3. The quantitative estimate of drug-likeness (QED) is 0.835. The molecule has 30 heavy (non-hydrogen) atoms. The minimum absolute atomic E-state index is 0.0469. The molecule has 7 heteroatoms. The van der Waals surface area contributed by atoms with E-state index in [0.717, 1.165) is 61.9 Å². The number of nitrogens with one attached hydrogen (secondary N) is 1. The number of ether oxygens (including phenoxy) is 3. The Morgan fingerprint density at radius 1 is 1.03 bits per heavy atom. The molecule has 5 rings (SSSR count). The molecule has 4 heterocycles. The van der Waals surface area contributed by atoms with E-state index in [0.29, 0.717) is 19.3 Å². The van der Waals surface area contributed by atoms with Gasteiger partial charge in [0.2, 0.25) is 6.79 Å². The van der Waals surface area contributed by atoms with Crippen molar-refractivity contribution in [3.63, 3.8) is 0 Å². The van der Waals surface area contributed by atoms with Crippen LogP contribution in [0.5, 0.6) is 11.5 Å². The summed E-state index contributed by atoms with van der Waals surface area (Å²) in [6, 6.07) is 10.3.